The number of rotatable bonds is 7. The van der Waals surface area contributed by atoms with Gasteiger partial charge in [0.15, 0.2) is 0 Å². The predicted molar refractivity (Wildman–Crippen MR) is 87.7 cm³/mol. The lowest BCUT2D eigenvalue weighted by atomic mass is 10.1. The Kier molecular flexibility index (Phi) is 5.70. The van der Waals surface area contributed by atoms with Gasteiger partial charge < -0.3 is 10.1 Å². The van der Waals surface area contributed by atoms with Crippen molar-refractivity contribution in [2.75, 3.05) is 7.11 Å². The van der Waals surface area contributed by atoms with Gasteiger partial charge in [0, 0.05) is 42.0 Å². The molecule has 0 saturated carbocycles. The molecule has 0 amide bonds. The molecule has 1 aromatic heterocycles. The summed E-state index contributed by atoms with van der Waals surface area (Å²) >= 11 is 1.77. The zero-order chi connectivity index (χ0) is 15.2. The molecule has 114 valence electrons. The fraction of sp³-hybridized carbons (Fsp3) is 0.438. The monoisotopic (exact) mass is 305 g/mol. The van der Waals surface area contributed by atoms with Gasteiger partial charge in [-0.25, -0.2) is 0 Å². The van der Waals surface area contributed by atoms with Crippen molar-refractivity contribution in [2.45, 2.75) is 37.1 Å². The Morgan fingerprint density at radius 2 is 2.19 bits per heavy atom. The van der Waals surface area contributed by atoms with E-state index < -0.39 is 0 Å². The number of hydrogen-bond donors (Lipinski definition) is 1. The quantitative estimate of drug-likeness (QED) is 0.797. The van der Waals surface area contributed by atoms with E-state index in [0.717, 1.165) is 18.0 Å². The molecule has 2 aromatic rings. The minimum atomic E-state index is 0.486. The average Bonchev–Trinajstić information content (AvgIpc) is 2.88. The molecule has 0 radical (unpaired) electrons. The van der Waals surface area contributed by atoms with Crippen molar-refractivity contribution in [1.29, 1.82) is 0 Å². The second-order valence-corrected chi connectivity index (χ2v) is 6.37. The van der Waals surface area contributed by atoms with Gasteiger partial charge in [-0.05, 0) is 17.7 Å². The number of aryl methyl sites for hydroxylation is 1. The first-order valence-corrected chi connectivity index (χ1v) is 8.07. The molecule has 0 spiro atoms. The van der Waals surface area contributed by atoms with Crippen molar-refractivity contribution < 1.29 is 4.74 Å². The third-order valence-corrected chi connectivity index (χ3v) is 4.13. The number of hydrogen-bond acceptors (Lipinski definition) is 4. The van der Waals surface area contributed by atoms with E-state index in [0.29, 0.717) is 6.04 Å². The fourth-order valence-corrected chi connectivity index (χ4v) is 2.91. The Morgan fingerprint density at radius 1 is 1.38 bits per heavy atom. The maximum atomic E-state index is 5.46. The molecule has 2 rings (SSSR count). The van der Waals surface area contributed by atoms with Crippen LogP contribution in [0.5, 0.6) is 5.75 Å². The summed E-state index contributed by atoms with van der Waals surface area (Å²) in [6, 6.07) is 6.88. The maximum absolute atomic E-state index is 5.46. The minimum absolute atomic E-state index is 0.486. The van der Waals surface area contributed by atoms with Crippen LogP contribution in [0.25, 0.3) is 0 Å². The Morgan fingerprint density at radius 3 is 2.81 bits per heavy atom. The first-order valence-electron chi connectivity index (χ1n) is 7.09. The van der Waals surface area contributed by atoms with Crippen LogP contribution in [0, 0.1) is 0 Å². The van der Waals surface area contributed by atoms with Crippen molar-refractivity contribution in [3.8, 4) is 5.75 Å². The molecule has 1 aromatic carbocycles. The second-order valence-electron chi connectivity index (χ2n) is 5.32. The van der Waals surface area contributed by atoms with E-state index in [1.54, 1.807) is 18.9 Å². The molecule has 0 fully saturated rings. The van der Waals surface area contributed by atoms with E-state index in [1.807, 2.05) is 24.1 Å². The third kappa shape index (κ3) is 4.79. The molecule has 0 atom stereocenters. The first kappa shape index (κ1) is 15.9. The van der Waals surface area contributed by atoms with E-state index >= 15 is 0 Å². The zero-order valence-corrected chi connectivity index (χ0v) is 13.9. The van der Waals surface area contributed by atoms with Crippen molar-refractivity contribution in [2.24, 2.45) is 7.05 Å². The Balaban J connectivity index is 2.06. The van der Waals surface area contributed by atoms with E-state index in [4.69, 9.17) is 4.74 Å². The molecule has 0 aliphatic heterocycles. The lowest BCUT2D eigenvalue weighted by Gasteiger charge is -2.12. The van der Waals surface area contributed by atoms with Crippen LogP contribution in [0.15, 0.2) is 35.5 Å². The standard InChI is InChI=1S/C16H23N3OS/c1-12(2)17-8-13-5-6-16(20-4)14(7-13)11-21-15-9-18-19(3)10-15/h5-7,9-10,12,17H,8,11H2,1-4H3. The highest BCUT2D eigenvalue weighted by atomic mass is 32.2. The van der Waals surface area contributed by atoms with Crippen LogP contribution in [0.4, 0.5) is 0 Å². The highest BCUT2D eigenvalue weighted by molar-refractivity contribution is 7.98. The smallest absolute Gasteiger partial charge is 0.122 e. The molecule has 0 aliphatic rings. The topological polar surface area (TPSA) is 39.1 Å². The molecule has 4 nitrogen and oxygen atoms in total. The number of thioether (sulfide) groups is 1. The lowest BCUT2D eigenvalue weighted by Crippen LogP contribution is -2.21. The number of methoxy groups -OCH3 is 1. The summed E-state index contributed by atoms with van der Waals surface area (Å²) in [4.78, 5) is 1.17. The van der Waals surface area contributed by atoms with Gasteiger partial charge in [-0.3, -0.25) is 4.68 Å². The Bertz CT molecular complexity index is 581. The second kappa shape index (κ2) is 7.52. The van der Waals surface area contributed by atoms with Crippen LogP contribution in [0.2, 0.25) is 0 Å². The number of benzene rings is 1. The maximum Gasteiger partial charge on any atom is 0.122 e. The van der Waals surface area contributed by atoms with Gasteiger partial charge in [0.05, 0.1) is 13.3 Å². The zero-order valence-electron chi connectivity index (χ0n) is 13.1. The first-order chi connectivity index (χ1) is 10.1. The van der Waals surface area contributed by atoms with Crippen molar-refractivity contribution in [3.05, 3.63) is 41.7 Å². The summed E-state index contributed by atoms with van der Waals surface area (Å²) in [7, 11) is 3.66. The molecule has 0 aliphatic carbocycles. The summed E-state index contributed by atoms with van der Waals surface area (Å²) in [5.41, 5.74) is 2.50. The molecule has 5 heteroatoms. The number of nitrogens with zero attached hydrogens (tertiary/aromatic N) is 2. The van der Waals surface area contributed by atoms with Crippen LogP contribution >= 0.6 is 11.8 Å². The Labute approximate surface area is 130 Å². The van der Waals surface area contributed by atoms with Crippen LogP contribution in [-0.4, -0.2) is 22.9 Å². The highest BCUT2D eigenvalue weighted by Gasteiger charge is 2.07. The molecule has 0 bridgehead atoms. The third-order valence-electron chi connectivity index (χ3n) is 3.13. The van der Waals surface area contributed by atoms with Gasteiger partial charge in [-0.15, -0.1) is 11.8 Å². The van der Waals surface area contributed by atoms with Gasteiger partial charge in [0.1, 0.15) is 5.75 Å². The van der Waals surface area contributed by atoms with Crippen molar-refractivity contribution in [1.82, 2.24) is 15.1 Å². The van der Waals surface area contributed by atoms with Gasteiger partial charge in [0.25, 0.3) is 0 Å². The van der Waals surface area contributed by atoms with Crippen molar-refractivity contribution in [3.63, 3.8) is 0 Å². The van der Waals surface area contributed by atoms with E-state index in [-0.39, 0.29) is 0 Å². The van der Waals surface area contributed by atoms with E-state index in [1.165, 1.54) is 16.0 Å². The number of ether oxygens (including phenoxy) is 1. The molecule has 0 saturated heterocycles. The molecular weight excluding hydrogens is 282 g/mol. The molecule has 1 heterocycles. The number of aromatic nitrogens is 2. The molecular formula is C16H23N3OS. The number of nitrogens with one attached hydrogen (secondary N) is 1. The predicted octanol–water partition coefficient (Wildman–Crippen LogP) is 3.22. The Hall–Kier alpha value is -1.46. The van der Waals surface area contributed by atoms with Gasteiger partial charge in [0.2, 0.25) is 0 Å². The van der Waals surface area contributed by atoms with Crippen LogP contribution < -0.4 is 10.1 Å². The summed E-state index contributed by atoms with van der Waals surface area (Å²) in [5.74, 6) is 1.82. The van der Waals surface area contributed by atoms with Crippen molar-refractivity contribution >= 4 is 11.8 Å². The van der Waals surface area contributed by atoms with Gasteiger partial charge in [-0.1, -0.05) is 19.9 Å². The average molecular weight is 305 g/mol. The largest absolute Gasteiger partial charge is 0.496 e. The fourth-order valence-electron chi connectivity index (χ4n) is 2.01. The van der Waals surface area contributed by atoms with Gasteiger partial charge in [-0.2, -0.15) is 5.10 Å². The lowest BCUT2D eigenvalue weighted by molar-refractivity contribution is 0.411. The summed E-state index contributed by atoms with van der Waals surface area (Å²) in [6.45, 7) is 5.19. The summed E-state index contributed by atoms with van der Waals surface area (Å²) < 4.78 is 7.29. The summed E-state index contributed by atoms with van der Waals surface area (Å²) in [5, 5.41) is 7.64. The minimum Gasteiger partial charge on any atom is -0.496 e. The van der Waals surface area contributed by atoms with E-state index in [9.17, 15) is 0 Å². The molecule has 21 heavy (non-hydrogen) atoms. The SMILES string of the molecule is COc1ccc(CNC(C)C)cc1CSc1cnn(C)c1. The van der Waals surface area contributed by atoms with E-state index in [2.05, 4.69) is 42.5 Å². The molecule has 0 unspecified atom stereocenters. The molecule has 1 N–H and O–H groups in total. The van der Waals surface area contributed by atoms with Crippen LogP contribution in [-0.2, 0) is 19.3 Å². The van der Waals surface area contributed by atoms with Gasteiger partial charge >= 0.3 is 0 Å². The highest BCUT2D eigenvalue weighted by Crippen LogP contribution is 2.28. The summed E-state index contributed by atoms with van der Waals surface area (Å²) in [6.07, 6.45) is 3.92. The van der Waals surface area contributed by atoms with Crippen LogP contribution in [0.3, 0.4) is 0 Å². The normalized spacial score (nSPS) is 11.1. The van der Waals surface area contributed by atoms with Crippen LogP contribution in [0.1, 0.15) is 25.0 Å².